The number of aliphatic hydroxyl groups is 1. The second kappa shape index (κ2) is 6.52. The Balaban J connectivity index is 1.62. The standard InChI is InChI=1S/C19H23N3O3/c1-25-15-6-4-5-13(9-15)17-10-14(23)11-22(17)19(24)16-12-21-8-3-2-7-18(21)20-16/h4-6,9,12,14,17,23H,2-3,7-8,10-11H2,1H3/t14-,17+/m1/s1. The van der Waals surface area contributed by atoms with Crippen molar-refractivity contribution in [3.05, 3.63) is 47.5 Å². The van der Waals surface area contributed by atoms with Crippen LogP contribution in [0.15, 0.2) is 30.5 Å². The quantitative estimate of drug-likeness (QED) is 0.929. The number of β-amino-alcohol motifs (C(OH)–C–C–N with tert-alkyl or cyclic N) is 1. The number of methoxy groups -OCH3 is 1. The fraction of sp³-hybridized carbons (Fsp3) is 0.474. The molecule has 2 atom stereocenters. The van der Waals surface area contributed by atoms with E-state index in [4.69, 9.17) is 4.74 Å². The summed E-state index contributed by atoms with van der Waals surface area (Å²) in [5, 5.41) is 10.2. The summed E-state index contributed by atoms with van der Waals surface area (Å²) in [5.41, 5.74) is 1.46. The fourth-order valence-corrected chi connectivity index (χ4v) is 3.87. The summed E-state index contributed by atoms with van der Waals surface area (Å²) in [6, 6.07) is 7.54. The molecular formula is C19H23N3O3. The number of carbonyl (C=O) groups is 1. The van der Waals surface area contributed by atoms with Crippen LogP contribution in [0.2, 0.25) is 0 Å². The number of carbonyl (C=O) groups excluding carboxylic acids is 1. The first kappa shape index (κ1) is 16.1. The largest absolute Gasteiger partial charge is 0.497 e. The van der Waals surface area contributed by atoms with Gasteiger partial charge in [-0.25, -0.2) is 4.98 Å². The molecule has 2 aliphatic heterocycles. The zero-order valence-electron chi connectivity index (χ0n) is 14.4. The van der Waals surface area contributed by atoms with Crippen molar-refractivity contribution in [1.82, 2.24) is 14.5 Å². The van der Waals surface area contributed by atoms with Gasteiger partial charge in [0.15, 0.2) is 0 Å². The topological polar surface area (TPSA) is 67.6 Å². The van der Waals surface area contributed by atoms with E-state index in [9.17, 15) is 9.90 Å². The highest BCUT2D eigenvalue weighted by Crippen LogP contribution is 2.34. The molecule has 4 rings (SSSR count). The number of aromatic nitrogens is 2. The van der Waals surface area contributed by atoms with Gasteiger partial charge in [0.05, 0.1) is 19.3 Å². The van der Waals surface area contributed by atoms with Crippen LogP contribution >= 0.6 is 0 Å². The van der Waals surface area contributed by atoms with Gasteiger partial charge in [0.2, 0.25) is 0 Å². The van der Waals surface area contributed by atoms with Crippen LogP contribution in [-0.2, 0) is 13.0 Å². The van der Waals surface area contributed by atoms with Gasteiger partial charge in [-0.1, -0.05) is 12.1 Å². The minimum absolute atomic E-state index is 0.105. The number of likely N-dealkylation sites (tertiary alicyclic amines) is 1. The smallest absolute Gasteiger partial charge is 0.274 e. The Bertz CT molecular complexity index is 762. The van der Waals surface area contributed by atoms with Crippen LogP contribution in [0.1, 0.15) is 47.2 Å². The van der Waals surface area contributed by atoms with Gasteiger partial charge in [-0.05, 0) is 37.0 Å². The third-order valence-corrected chi connectivity index (χ3v) is 5.15. The molecule has 1 N–H and O–H groups in total. The first-order chi connectivity index (χ1) is 12.2. The van der Waals surface area contributed by atoms with Gasteiger partial charge >= 0.3 is 0 Å². The summed E-state index contributed by atoms with van der Waals surface area (Å²) in [6.45, 7) is 1.26. The number of rotatable bonds is 3. The van der Waals surface area contributed by atoms with Crippen LogP contribution < -0.4 is 4.74 Å². The lowest BCUT2D eigenvalue weighted by Crippen LogP contribution is -2.32. The zero-order chi connectivity index (χ0) is 17.4. The number of aliphatic hydroxyl groups excluding tert-OH is 1. The van der Waals surface area contributed by atoms with E-state index in [0.717, 1.165) is 42.9 Å². The molecule has 0 spiro atoms. The molecule has 2 aromatic rings. The van der Waals surface area contributed by atoms with E-state index in [1.54, 1.807) is 12.0 Å². The maximum absolute atomic E-state index is 13.1. The summed E-state index contributed by atoms with van der Waals surface area (Å²) in [4.78, 5) is 19.3. The van der Waals surface area contributed by atoms with Crippen LogP contribution in [0, 0.1) is 0 Å². The average Bonchev–Trinajstić information content (AvgIpc) is 3.24. The number of imidazole rings is 1. The minimum Gasteiger partial charge on any atom is -0.497 e. The Labute approximate surface area is 147 Å². The zero-order valence-corrected chi connectivity index (χ0v) is 14.4. The molecule has 0 saturated carbocycles. The molecule has 132 valence electrons. The molecule has 2 aliphatic rings. The SMILES string of the molecule is COc1cccc([C@@H]2C[C@@H](O)CN2C(=O)c2cn3c(n2)CCCC3)c1. The van der Waals surface area contributed by atoms with E-state index >= 15 is 0 Å². The molecule has 0 bridgehead atoms. The third kappa shape index (κ3) is 3.02. The van der Waals surface area contributed by atoms with Crippen molar-refractivity contribution in [3.8, 4) is 5.75 Å². The van der Waals surface area contributed by atoms with Crippen molar-refractivity contribution in [3.63, 3.8) is 0 Å². The lowest BCUT2D eigenvalue weighted by atomic mass is 10.0. The molecular weight excluding hydrogens is 318 g/mol. The number of amides is 1. The Morgan fingerprint density at radius 3 is 3.04 bits per heavy atom. The van der Waals surface area contributed by atoms with Crippen molar-refractivity contribution in [2.45, 2.75) is 44.4 Å². The maximum atomic E-state index is 13.1. The van der Waals surface area contributed by atoms with Gasteiger partial charge in [-0.15, -0.1) is 0 Å². The maximum Gasteiger partial charge on any atom is 0.274 e. The van der Waals surface area contributed by atoms with Crippen molar-refractivity contribution < 1.29 is 14.6 Å². The summed E-state index contributed by atoms with van der Waals surface area (Å²) in [7, 11) is 1.63. The van der Waals surface area contributed by atoms with Gasteiger partial charge in [0, 0.05) is 25.7 Å². The lowest BCUT2D eigenvalue weighted by molar-refractivity contribution is 0.0710. The van der Waals surface area contributed by atoms with E-state index in [-0.39, 0.29) is 11.9 Å². The molecule has 1 amide bonds. The number of benzene rings is 1. The second-order valence-corrected chi connectivity index (χ2v) is 6.83. The van der Waals surface area contributed by atoms with E-state index in [2.05, 4.69) is 9.55 Å². The van der Waals surface area contributed by atoms with Crippen LogP contribution in [0.3, 0.4) is 0 Å². The van der Waals surface area contributed by atoms with E-state index in [1.807, 2.05) is 30.5 Å². The molecule has 6 heteroatoms. The molecule has 6 nitrogen and oxygen atoms in total. The van der Waals surface area contributed by atoms with E-state index in [1.165, 1.54) is 0 Å². The van der Waals surface area contributed by atoms with Crippen LogP contribution in [0.25, 0.3) is 0 Å². The molecule has 25 heavy (non-hydrogen) atoms. The Kier molecular flexibility index (Phi) is 4.21. The molecule has 0 radical (unpaired) electrons. The fourth-order valence-electron chi connectivity index (χ4n) is 3.87. The number of nitrogens with zero attached hydrogens (tertiary/aromatic N) is 3. The summed E-state index contributed by atoms with van der Waals surface area (Å²) in [6.07, 6.45) is 5.06. The van der Waals surface area contributed by atoms with Crippen molar-refractivity contribution in [1.29, 1.82) is 0 Å². The van der Waals surface area contributed by atoms with Gasteiger partial charge in [-0.3, -0.25) is 4.79 Å². The van der Waals surface area contributed by atoms with Gasteiger partial charge in [0.25, 0.3) is 5.91 Å². The van der Waals surface area contributed by atoms with Crippen molar-refractivity contribution in [2.75, 3.05) is 13.7 Å². The second-order valence-electron chi connectivity index (χ2n) is 6.83. The molecule has 1 fully saturated rings. The highest BCUT2D eigenvalue weighted by molar-refractivity contribution is 5.92. The van der Waals surface area contributed by atoms with Crippen molar-refractivity contribution in [2.24, 2.45) is 0 Å². The first-order valence-corrected chi connectivity index (χ1v) is 8.84. The molecule has 0 aliphatic carbocycles. The number of fused-ring (bicyclic) bond motifs is 1. The van der Waals surface area contributed by atoms with Crippen LogP contribution in [0.4, 0.5) is 0 Å². The average molecular weight is 341 g/mol. The summed E-state index contributed by atoms with van der Waals surface area (Å²) in [5.74, 6) is 1.64. The minimum atomic E-state index is -0.516. The Morgan fingerprint density at radius 1 is 1.36 bits per heavy atom. The Morgan fingerprint density at radius 2 is 2.24 bits per heavy atom. The number of hydrogen-bond acceptors (Lipinski definition) is 4. The summed E-state index contributed by atoms with van der Waals surface area (Å²) < 4.78 is 7.38. The molecule has 1 aromatic heterocycles. The van der Waals surface area contributed by atoms with Crippen LogP contribution in [-0.4, -0.2) is 45.2 Å². The molecule has 0 unspecified atom stereocenters. The van der Waals surface area contributed by atoms with E-state index in [0.29, 0.717) is 18.7 Å². The first-order valence-electron chi connectivity index (χ1n) is 8.84. The highest BCUT2D eigenvalue weighted by Gasteiger charge is 2.37. The number of hydrogen-bond donors (Lipinski definition) is 1. The highest BCUT2D eigenvalue weighted by atomic mass is 16.5. The van der Waals surface area contributed by atoms with E-state index < -0.39 is 6.10 Å². The number of aryl methyl sites for hydroxylation is 2. The predicted molar refractivity (Wildman–Crippen MR) is 92.6 cm³/mol. The van der Waals surface area contributed by atoms with Gasteiger partial charge < -0.3 is 19.3 Å². The molecule has 1 aromatic carbocycles. The normalized spacial score (nSPS) is 22.7. The number of ether oxygens (including phenoxy) is 1. The van der Waals surface area contributed by atoms with Crippen molar-refractivity contribution >= 4 is 5.91 Å². The summed E-state index contributed by atoms with van der Waals surface area (Å²) >= 11 is 0. The molecule has 1 saturated heterocycles. The Hall–Kier alpha value is -2.34. The van der Waals surface area contributed by atoms with Gasteiger partial charge in [-0.2, -0.15) is 0 Å². The predicted octanol–water partition coefficient (Wildman–Crippen LogP) is 2.18. The lowest BCUT2D eigenvalue weighted by Gasteiger charge is -2.24. The van der Waals surface area contributed by atoms with Crippen LogP contribution in [0.5, 0.6) is 5.75 Å². The molecule has 3 heterocycles. The van der Waals surface area contributed by atoms with Gasteiger partial charge in [0.1, 0.15) is 17.3 Å². The monoisotopic (exact) mass is 341 g/mol. The third-order valence-electron chi connectivity index (χ3n) is 5.15.